The number of rotatable bonds is 4. The molecule has 1 aliphatic rings. The molecule has 16 heavy (non-hydrogen) atoms. The van der Waals surface area contributed by atoms with Crippen molar-refractivity contribution in [2.45, 2.75) is 32.7 Å². The summed E-state index contributed by atoms with van der Waals surface area (Å²) in [6, 6.07) is 0.0873. The van der Waals surface area contributed by atoms with E-state index in [9.17, 15) is 9.59 Å². The Morgan fingerprint density at radius 3 is 2.56 bits per heavy atom. The fourth-order valence-corrected chi connectivity index (χ4v) is 1.77. The third kappa shape index (κ3) is 2.75. The molecule has 0 radical (unpaired) electrons. The molecule has 1 heterocycles. The van der Waals surface area contributed by atoms with Crippen LogP contribution in [0.4, 0.5) is 0 Å². The van der Waals surface area contributed by atoms with Crippen molar-refractivity contribution in [2.75, 3.05) is 19.6 Å². The molecular formula is C12H18N2O2. The van der Waals surface area contributed by atoms with E-state index in [4.69, 9.17) is 6.42 Å². The smallest absolute Gasteiger partial charge is 0.312 e. The van der Waals surface area contributed by atoms with E-state index in [0.29, 0.717) is 26.1 Å². The third-order valence-electron chi connectivity index (χ3n) is 2.71. The number of carbonyl (C=O) groups excluding carboxylic acids is 2. The van der Waals surface area contributed by atoms with Crippen LogP contribution in [0, 0.1) is 12.3 Å². The SMILES string of the molecule is C#CCCCN1CCN(C(C)C)C(=O)C1=O. The summed E-state index contributed by atoms with van der Waals surface area (Å²) in [7, 11) is 0. The Bertz CT molecular complexity index is 317. The average molecular weight is 222 g/mol. The van der Waals surface area contributed by atoms with E-state index in [-0.39, 0.29) is 11.9 Å². The first-order valence-electron chi connectivity index (χ1n) is 5.61. The van der Waals surface area contributed by atoms with Gasteiger partial charge in [0.2, 0.25) is 0 Å². The van der Waals surface area contributed by atoms with Crippen molar-refractivity contribution in [1.82, 2.24) is 9.80 Å². The number of hydrogen-bond acceptors (Lipinski definition) is 2. The lowest BCUT2D eigenvalue weighted by Gasteiger charge is -2.35. The van der Waals surface area contributed by atoms with E-state index in [2.05, 4.69) is 5.92 Å². The van der Waals surface area contributed by atoms with E-state index in [0.717, 1.165) is 6.42 Å². The van der Waals surface area contributed by atoms with Crippen molar-refractivity contribution < 1.29 is 9.59 Å². The minimum Gasteiger partial charge on any atom is -0.333 e. The fraction of sp³-hybridized carbons (Fsp3) is 0.667. The number of nitrogens with zero attached hydrogens (tertiary/aromatic N) is 2. The van der Waals surface area contributed by atoms with E-state index in [1.807, 2.05) is 13.8 Å². The molecule has 1 saturated heterocycles. The van der Waals surface area contributed by atoms with Crippen LogP contribution in [-0.2, 0) is 9.59 Å². The molecule has 4 heteroatoms. The summed E-state index contributed by atoms with van der Waals surface area (Å²) < 4.78 is 0. The van der Waals surface area contributed by atoms with Gasteiger partial charge in [-0.2, -0.15) is 0 Å². The van der Waals surface area contributed by atoms with Gasteiger partial charge in [-0.15, -0.1) is 12.3 Å². The first kappa shape index (κ1) is 12.6. The van der Waals surface area contributed by atoms with Gasteiger partial charge in [0, 0.05) is 32.1 Å². The molecule has 0 aromatic rings. The van der Waals surface area contributed by atoms with Crippen molar-refractivity contribution in [3.05, 3.63) is 0 Å². The minimum atomic E-state index is -0.392. The number of piperazine rings is 1. The van der Waals surface area contributed by atoms with Crippen molar-refractivity contribution in [2.24, 2.45) is 0 Å². The molecule has 0 bridgehead atoms. The normalized spacial score (nSPS) is 16.9. The molecule has 0 N–H and O–H groups in total. The molecule has 0 aliphatic carbocycles. The highest BCUT2D eigenvalue weighted by Crippen LogP contribution is 2.09. The zero-order valence-electron chi connectivity index (χ0n) is 9.90. The molecular weight excluding hydrogens is 204 g/mol. The maximum absolute atomic E-state index is 11.7. The van der Waals surface area contributed by atoms with Crippen LogP contribution in [-0.4, -0.2) is 47.3 Å². The van der Waals surface area contributed by atoms with E-state index in [1.165, 1.54) is 0 Å². The van der Waals surface area contributed by atoms with E-state index in [1.54, 1.807) is 9.80 Å². The van der Waals surface area contributed by atoms with Gasteiger partial charge < -0.3 is 9.80 Å². The number of amides is 2. The van der Waals surface area contributed by atoms with Crippen LogP contribution in [0.15, 0.2) is 0 Å². The average Bonchev–Trinajstić information content (AvgIpc) is 2.24. The van der Waals surface area contributed by atoms with Crippen LogP contribution in [0.1, 0.15) is 26.7 Å². The van der Waals surface area contributed by atoms with Gasteiger partial charge in [0.05, 0.1) is 0 Å². The highest BCUT2D eigenvalue weighted by Gasteiger charge is 2.33. The molecule has 0 spiro atoms. The molecule has 0 unspecified atom stereocenters. The van der Waals surface area contributed by atoms with Crippen LogP contribution in [0.25, 0.3) is 0 Å². The molecule has 0 aromatic heterocycles. The highest BCUT2D eigenvalue weighted by molar-refractivity contribution is 6.35. The van der Waals surface area contributed by atoms with Crippen LogP contribution in [0.3, 0.4) is 0 Å². The topological polar surface area (TPSA) is 40.6 Å². The maximum atomic E-state index is 11.7. The molecule has 2 amide bonds. The maximum Gasteiger partial charge on any atom is 0.312 e. The summed E-state index contributed by atoms with van der Waals surface area (Å²) in [4.78, 5) is 26.6. The molecule has 0 saturated carbocycles. The van der Waals surface area contributed by atoms with Gasteiger partial charge in [-0.1, -0.05) is 0 Å². The monoisotopic (exact) mass is 222 g/mol. The Labute approximate surface area is 96.6 Å². The number of terminal acetylenes is 1. The van der Waals surface area contributed by atoms with Crippen LogP contribution in [0.5, 0.6) is 0 Å². The Hall–Kier alpha value is -1.50. The summed E-state index contributed by atoms with van der Waals surface area (Å²) >= 11 is 0. The lowest BCUT2D eigenvalue weighted by molar-refractivity contribution is -0.157. The van der Waals surface area contributed by atoms with Gasteiger partial charge in [0.25, 0.3) is 0 Å². The summed E-state index contributed by atoms with van der Waals surface area (Å²) in [5, 5.41) is 0. The van der Waals surface area contributed by atoms with Crippen LogP contribution in [0.2, 0.25) is 0 Å². The molecule has 0 atom stereocenters. The molecule has 1 fully saturated rings. The summed E-state index contributed by atoms with van der Waals surface area (Å²) in [6.07, 6.45) is 6.55. The van der Waals surface area contributed by atoms with Crippen molar-refractivity contribution in [1.29, 1.82) is 0 Å². The number of hydrogen-bond donors (Lipinski definition) is 0. The largest absolute Gasteiger partial charge is 0.333 e. The predicted octanol–water partition coefficient (Wildman–Crippen LogP) is 0.479. The third-order valence-corrected chi connectivity index (χ3v) is 2.71. The first-order valence-corrected chi connectivity index (χ1v) is 5.61. The molecule has 0 aromatic carbocycles. The minimum absolute atomic E-state index is 0.0873. The molecule has 1 rings (SSSR count). The second-order valence-corrected chi connectivity index (χ2v) is 4.19. The Kier molecular flexibility index (Phi) is 4.36. The summed E-state index contributed by atoms with van der Waals surface area (Å²) in [6.45, 7) is 5.66. The number of carbonyl (C=O) groups is 2. The summed E-state index contributed by atoms with van der Waals surface area (Å²) in [5.74, 6) is 1.75. The standard InChI is InChI=1S/C12H18N2O2/c1-4-5-6-7-13-8-9-14(10(2)3)12(16)11(13)15/h1,10H,5-9H2,2-3H3. The second kappa shape index (κ2) is 5.55. The Morgan fingerprint density at radius 2 is 2.00 bits per heavy atom. The zero-order valence-corrected chi connectivity index (χ0v) is 9.90. The molecule has 88 valence electrons. The van der Waals surface area contributed by atoms with Crippen molar-refractivity contribution in [3.63, 3.8) is 0 Å². The molecule has 1 aliphatic heterocycles. The summed E-state index contributed by atoms with van der Waals surface area (Å²) in [5.41, 5.74) is 0. The van der Waals surface area contributed by atoms with Crippen LogP contribution >= 0.6 is 0 Å². The van der Waals surface area contributed by atoms with E-state index < -0.39 is 5.91 Å². The zero-order chi connectivity index (χ0) is 12.1. The van der Waals surface area contributed by atoms with Gasteiger partial charge in [0.15, 0.2) is 0 Å². The van der Waals surface area contributed by atoms with Gasteiger partial charge in [0.1, 0.15) is 0 Å². The molecule has 4 nitrogen and oxygen atoms in total. The quantitative estimate of drug-likeness (QED) is 0.394. The second-order valence-electron chi connectivity index (χ2n) is 4.19. The van der Waals surface area contributed by atoms with Gasteiger partial charge in [-0.3, -0.25) is 9.59 Å². The lowest BCUT2D eigenvalue weighted by atomic mass is 10.2. The van der Waals surface area contributed by atoms with Gasteiger partial charge in [-0.25, -0.2) is 0 Å². The first-order chi connectivity index (χ1) is 7.57. The fourth-order valence-electron chi connectivity index (χ4n) is 1.77. The number of unbranched alkanes of at least 4 members (excludes halogenated alkanes) is 1. The van der Waals surface area contributed by atoms with E-state index >= 15 is 0 Å². The van der Waals surface area contributed by atoms with Crippen LogP contribution < -0.4 is 0 Å². The highest BCUT2D eigenvalue weighted by atomic mass is 16.2. The lowest BCUT2D eigenvalue weighted by Crippen LogP contribution is -2.56. The van der Waals surface area contributed by atoms with Gasteiger partial charge in [-0.05, 0) is 20.3 Å². The van der Waals surface area contributed by atoms with Gasteiger partial charge >= 0.3 is 11.8 Å². The Balaban J connectivity index is 2.52. The van der Waals surface area contributed by atoms with Crippen molar-refractivity contribution in [3.8, 4) is 12.3 Å². The predicted molar refractivity (Wildman–Crippen MR) is 61.5 cm³/mol. The van der Waals surface area contributed by atoms with Crippen molar-refractivity contribution >= 4 is 11.8 Å². The Morgan fingerprint density at radius 1 is 1.31 bits per heavy atom.